The van der Waals surface area contributed by atoms with E-state index in [2.05, 4.69) is 24.5 Å². The molecule has 0 spiro atoms. The molecule has 2 N–H and O–H groups in total. The Morgan fingerprint density at radius 1 is 1.00 bits per heavy atom. The van der Waals surface area contributed by atoms with E-state index in [4.69, 9.17) is 21.1 Å². The smallest absolute Gasteiger partial charge is 0.260 e. The molecule has 156 valence electrons. The van der Waals surface area contributed by atoms with E-state index >= 15 is 0 Å². The highest BCUT2D eigenvalue weighted by atomic mass is 35.5. The Labute approximate surface area is 176 Å². The molecule has 0 heterocycles. The number of nitrogens with one attached hydrogen (secondary N) is 2. The first-order valence-corrected chi connectivity index (χ1v) is 9.85. The fraction of sp³-hybridized carbons (Fsp3) is 0.364. The molecule has 6 nitrogen and oxygen atoms in total. The number of carbonyl (C=O) groups is 2. The Kier molecular flexibility index (Phi) is 8.34. The molecule has 0 fully saturated rings. The van der Waals surface area contributed by atoms with Gasteiger partial charge in [0.1, 0.15) is 11.5 Å². The van der Waals surface area contributed by atoms with Crippen LogP contribution in [0.1, 0.15) is 42.6 Å². The SMILES string of the molecule is COc1ccc(Cl)cc1C(=O)NCCNC(=O)C(C)Oc1ccc(C(C)C)cc1. The lowest BCUT2D eigenvalue weighted by Gasteiger charge is -2.16. The van der Waals surface area contributed by atoms with Crippen LogP contribution in [-0.4, -0.2) is 38.1 Å². The molecule has 0 radical (unpaired) electrons. The quantitative estimate of drug-likeness (QED) is 0.607. The number of benzene rings is 2. The van der Waals surface area contributed by atoms with Gasteiger partial charge in [-0.3, -0.25) is 9.59 Å². The summed E-state index contributed by atoms with van der Waals surface area (Å²) in [6.45, 7) is 6.45. The van der Waals surface area contributed by atoms with Crippen molar-refractivity contribution in [3.05, 3.63) is 58.6 Å². The molecule has 0 saturated carbocycles. The van der Waals surface area contributed by atoms with Crippen molar-refractivity contribution in [1.82, 2.24) is 10.6 Å². The van der Waals surface area contributed by atoms with Crippen LogP contribution in [0.25, 0.3) is 0 Å². The van der Waals surface area contributed by atoms with Crippen LogP contribution in [-0.2, 0) is 4.79 Å². The van der Waals surface area contributed by atoms with Crippen LogP contribution >= 0.6 is 11.6 Å². The first-order chi connectivity index (χ1) is 13.8. The van der Waals surface area contributed by atoms with E-state index in [-0.39, 0.29) is 24.9 Å². The maximum absolute atomic E-state index is 12.3. The number of methoxy groups -OCH3 is 1. The first-order valence-electron chi connectivity index (χ1n) is 9.48. The minimum atomic E-state index is -0.649. The molecule has 1 atom stereocenters. The highest BCUT2D eigenvalue weighted by Gasteiger charge is 2.15. The maximum Gasteiger partial charge on any atom is 0.260 e. The fourth-order valence-corrected chi connectivity index (χ4v) is 2.82. The van der Waals surface area contributed by atoms with E-state index in [0.717, 1.165) is 0 Å². The van der Waals surface area contributed by atoms with Crippen LogP contribution in [0, 0.1) is 0 Å². The lowest BCUT2D eigenvalue weighted by atomic mass is 10.0. The van der Waals surface area contributed by atoms with Crippen LogP contribution in [0.5, 0.6) is 11.5 Å². The van der Waals surface area contributed by atoms with E-state index in [0.29, 0.717) is 28.0 Å². The van der Waals surface area contributed by atoms with Gasteiger partial charge in [0, 0.05) is 18.1 Å². The van der Waals surface area contributed by atoms with Gasteiger partial charge in [-0.25, -0.2) is 0 Å². The average Bonchev–Trinajstić information content (AvgIpc) is 2.71. The molecule has 2 aromatic carbocycles. The van der Waals surface area contributed by atoms with Gasteiger partial charge in [-0.1, -0.05) is 37.6 Å². The van der Waals surface area contributed by atoms with Crippen molar-refractivity contribution < 1.29 is 19.1 Å². The average molecular weight is 419 g/mol. The minimum absolute atomic E-state index is 0.257. The van der Waals surface area contributed by atoms with Crippen molar-refractivity contribution in [2.75, 3.05) is 20.2 Å². The summed E-state index contributed by atoms with van der Waals surface area (Å²) in [6.07, 6.45) is -0.649. The third-order valence-corrected chi connectivity index (χ3v) is 4.58. The number of ether oxygens (including phenoxy) is 2. The summed E-state index contributed by atoms with van der Waals surface area (Å²) in [4.78, 5) is 24.5. The molecule has 0 bridgehead atoms. The molecular weight excluding hydrogens is 392 g/mol. The molecule has 2 rings (SSSR count). The number of halogens is 1. The molecule has 0 aliphatic carbocycles. The van der Waals surface area contributed by atoms with E-state index < -0.39 is 6.10 Å². The van der Waals surface area contributed by atoms with Crippen molar-refractivity contribution in [2.45, 2.75) is 32.8 Å². The maximum atomic E-state index is 12.3. The predicted octanol–water partition coefficient (Wildman–Crippen LogP) is 3.79. The molecule has 0 aliphatic heterocycles. The van der Waals surface area contributed by atoms with E-state index in [9.17, 15) is 9.59 Å². The van der Waals surface area contributed by atoms with Crippen molar-refractivity contribution in [3.8, 4) is 11.5 Å². The third kappa shape index (κ3) is 6.68. The van der Waals surface area contributed by atoms with Crippen molar-refractivity contribution in [1.29, 1.82) is 0 Å². The Hall–Kier alpha value is -2.73. The lowest BCUT2D eigenvalue weighted by Crippen LogP contribution is -2.40. The van der Waals surface area contributed by atoms with E-state index in [1.54, 1.807) is 19.1 Å². The normalized spacial score (nSPS) is 11.7. The van der Waals surface area contributed by atoms with Crippen molar-refractivity contribution in [2.24, 2.45) is 0 Å². The first kappa shape index (κ1) is 22.6. The molecule has 2 amide bonds. The van der Waals surface area contributed by atoms with Crippen molar-refractivity contribution >= 4 is 23.4 Å². The zero-order valence-electron chi connectivity index (χ0n) is 17.1. The van der Waals surface area contributed by atoms with E-state index in [1.807, 2.05) is 24.3 Å². The van der Waals surface area contributed by atoms with Gasteiger partial charge in [0.15, 0.2) is 6.10 Å². The third-order valence-electron chi connectivity index (χ3n) is 4.34. The highest BCUT2D eigenvalue weighted by molar-refractivity contribution is 6.31. The Morgan fingerprint density at radius 3 is 2.28 bits per heavy atom. The molecule has 2 aromatic rings. The standard InChI is InChI=1S/C22H27ClN2O4/c1-14(2)16-5-8-18(9-6-16)29-15(3)21(26)24-11-12-25-22(27)19-13-17(23)7-10-20(19)28-4/h5-10,13-15H,11-12H2,1-4H3,(H,24,26)(H,25,27). The van der Waals surface area contributed by atoms with Gasteiger partial charge in [-0.15, -0.1) is 0 Å². The second-order valence-corrected chi connectivity index (χ2v) is 7.31. The zero-order valence-corrected chi connectivity index (χ0v) is 17.9. The Bertz CT molecular complexity index is 837. The summed E-state index contributed by atoms with van der Waals surface area (Å²) in [7, 11) is 1.48. The number of amides is 2. The number of rotatable bonds is 9. The molecule has 7 heteroatoms. The Balaban J connectivity index is 1.77. The predicted molar refractivity (Wildman–Crippen MR) is 114 cm³/mol. The summed E-state index contributed by atoms with van der Waals surface area (Å²) in [5, 5.41) is 5.91. The number of hydrogen-bond acceptors (Lipinski definition) is 4. The monoisotopic (exact) mass is 418 g/mol. The van der Waals surface area contributed by atoms with Crippen LogP contribution < -0.4 is 20.1 Å². The van der Waals surface area contributed by atoms with E-state index in [1.165, 1.54) is 18.7 Å². The molecule has 0 saturated heterocycles. The molecule has 0 aliphatic rings. The van der Waals surface area contributed by atoms with Gasteiger partial charge in [-0.2, -0.15) is 0 Å². The molecule has 29 heavy (non-hydrogen) atoms. The second kappa shape index (κ2) is 10.7. The number of hydrogen-bond donors (Lipinski definition) is 2. The summed E-state index contributed by atoms with van der Waals surface area (Å²) in [5.74, 6) is 0.923. The van der Waals surface area contributed by atoms with Gasteiger partial charge < -0.3 is 20.1 Å². The largest absolute Gasteiger partial charge is 0.496 e. The summed E-state index contributed by atoms with van der Waals surface area (Å²) in [5.41, 5.74) is 1.55. The lowest BCUT2D eigenvalue weighted by molar-refractivity contribution is -0.127. The number of carbonyl (C=O) groups excluding carboxylic acids is 2. The van der Waals surface area contributed by atoms with Crippen LogP contribution in [0.15, 0.2) is 42.5 Å². The van der Waals surface area contributed by atoms with Crippen LogP contribution in [0.3, 0.4) is 0 Å². The highest BCUT2D eigenvalue weighted by Crippen LogP contribution is 2.22. The van der Waals surface area contributed by atoms with Gasteiger partial charge in [-0.05, 0) is 48.7 Å². The van der Waals surface area contributed by atoms with Gasteiger partial charge in [0.25, 0.3) is 11.8 Å². The Morgan fingerprint density at radius 2 is 1.66 bits per heavy atom. The van der Waals surface area contributed by atoms with Gasteiger partial charge in [0.05, 0.1) is 12.7 Å². The minimum Gasteiger partial charge on any atom is -0.496 e. The summed E-state index contributed by atoms with van der Waals surface area (Å²) >= 11 is 5.94. The zero-order chi connectivity index (χ0) is 21.4. The van der Waals surface area contributed by atoms with Crippen LogP contribution in [0.4, 0.5) is 0 Å². The summed E-state index contributed by atoms with van der Waals surface area (Å²) < 4.78 is 10.8. The van der Waals surface area contributed by atoms with Crippen LogP contribution in [0.2, 0.25) is 5.02 Å². The van der Waals surface area contributed by atoms with Crippen molar-refractivity contribution in [3.63, 3.8) is 0 Å². The molecular formula is C22H27ClN2O4. The van der Waals surface area contributed by atoms with Gasteiger partial charge in [0.2, 0.25) is 0 Å². The second-order valence-electron chi connectivity index (χ2n) is 6.88. The fourth-order valence-electron chi connectivity index (χ4n) is 2.65. The molecule has 0 aromatic heterocycles. The van der Waals surface area contributed by atoms with Gasteiger partial charge >= 0.3 is 0 Å². The topological polar surface area (TPSA) is 76.7 Å². The summed E-state index contributed by atoms with van der Waals surface area (Å²) in [6, 6.07) is 12.5. The molecule has 1 unspecified atom stereocenters.